The van der Waals surface area contributed by atoms with Crippen LogP contribution in [0.1, 0.15) is 5.56 Å². The maximum absolute atomic E-state index is 9.10. The van der Waals surface area contributed by atoms with E-state index in [0.717, 1.165) is 22.6 Å². The van der Waals surface area contributed by atoms with Gasteiger partial charge in [-0.25, -0.2) is 0 Å². The Morgan fingerprint density at radius 2 is 1.59 bits per heavy atom. The fraction of sp³-hybridized carbons (Fsp3) is 0.294. The first-order valence-corrected chi connectivity index (χ1v) is 7.28. The molecule has 0 aliphatic carbocycles. The maximum Gasteiger partial charge on any atom is 0.0887 e. The molecule has 0 saturated heterocycles. The van der Waals surface area contributed by atoms with Gasteiger partial charge in [-0.15, -0.1) is 0 Å². The molecule has 0 heterocycles. The third-order valence-corrected chi connectivity index (χ3v) is 3.31. The third kappa shape index (κ3) is 4.38. The van der Waals surface area contributed by atoms with Crippen LogP contribution >= 0.6 is 0 Å². The number of aliphatic hydroxyl groups excluding tert-OH is 2. The number of aryl methyl sites for hydroxylation is 1. The van der Waals surface area contributed by atoms with E-state index in [1.807, 2.05) is 60.4 Å². The van der Waals surface area contributed by atoms with Gasteiger partial charge in [-0.05, 0) is 42.8 Å². The van der Waals surface area contributed by atoms with Crippen molar-refractivity contribution in [3.63, 3.8) is 0 Å². The number of hydrogen-bond acceptors (Lipinski definition) is 5. The molecule has 0 saturated carbocycles. The molecule has 0 unspecified atom stereocenters. The second-order valence-electron chi connectivity index (χ2n) is 4.94. The standard InChI is InChI=1S/C17H21N3O2/c1-14-13-16(20(9-11-21)10-12-22)7-8-17(14)19-18-15-5-3-2-4-6-15/h2-8,13,21-22H,9-12H2,1H3. The first-order valence-electron chi connectivity index (χ1n) is 7.28. The summed E-state index contributed by atoms with van der Waals surface area (Å²) in [5, 5.41) is 26.7. The Balaban J connectivity index is 2.17. The van der Waals surface area contributed by atoms with Gasteiger partial charge in [0.15, 0.2) is 0 Å². The summed E-state index contributed by atoms with van der Waals surface area (Å²) in [6.45, 7) is 3.05. The van der Waals surface area contributed by atoms with Crippen LogP contribution in [0.4, 0.5) is 17.1 Å². The minimum Gasteiger partial charge on any atom is -0.395 e. The molecular weight excluding hydrogens is 278 g/mol. The SMILES string of the molecule is Cc1cc(N(CCO)CCO)ccc1N=Nc1ccccc1. The predicted octanol–water partition coefficient (Wildman–Crippen LogP) is 3.20. The minimum absolute atomic E-state index is 0.0501. The number of nitrogens with zero attached hydrogens (tertiary/aromatic N) is 3. The molecule has 0 amide bonds. The summed E-state index contributed by atoms with van der Waals surface area (Å²) in [6, 6.07) is 15.4. The topological polar surface area (TPSA) is 68.4 Å². The normalized spacial score (nSPS) is 11.0. The molecule has 2 aromatic rings. The van der Waals surface area contributed by atoms with E-state index in [0.29, 0.717) is 13.1 Å². The monoisotopic (exact) mass is 299 g/mol. The zero-order chi connectivity index (χ0) is 15.8. The van der Waals surface area contributed by atoms with Gasteiger partial charge >= 0.3 is 0 Å². The molecule has 2 aromatic carbocycles. The van der Waals surface area contributed by atoms with Crippen molar-refractivity contribution in [3.05, 3.63) is 54.1 Å². The Morgan fingerprint density at radius 1 is 0.909 bits per heavy atom. The van der Waals surface area contributed by atoms with Crippen molar-refractivity contribution >= 4 is 17.1 Å². The predicted molar refractivity (Wildman–Crippen MR) is 88.2 cm³/mol. The zero-order valence-electron chi connectivity index (χ0n) is 12.7. The Hall–Kier alpha value is -2.24. The molecule has 0 fully saturated rings. The van der Waals surface area contributed by atoms with Crippen molar-refractivity contribution in [2.45, 2.75) is 6.92 Å². The lowest BCUT2D eigenvalue weighted by atomic mass is 10.1. The number of rotatable bonds is 7. The molecule has 0 radical (unpaired) electrons. The summed E-state index contributed by atoms with van der Waals surface area (Å²) in [6.07, 6.45) is 0. The Bertz CT molecular complexity index is 609. The van der Waals surface area contributed by atoms with Gasteiger partial charge in [0.2, 0.25) is 0 Å². The van der Waals surface area contributed by atoms with Crippen LogP contribution in [0.2, 0.25) is 0 Å². The third-order valence-electron chi connectivity index (χ3n) is 3.31. The molecule has 116 valence electrons. The summed E-state index contributed by atoms with van der Waals surface area (Å²) in [5.41, 5.74) is 3.58. The second kappa shape index (κ2) is 8.26. The molecule has 5 heteroatoms. The van der Waals surface area contributed by atoms with Gasteiger partial charge in [0, 0.05) is 18.8 Å². The summed E-state index contributed by atoms with van der Waals surface area (Å²) in [7, 11) is 0. The van der Waals surface area contributed by atoms with E-state index in [9.17, 15) is 0 Å². The Morgan fingerprint density at radius 3 is 2.18 bits per heavy atom. The van der Waals surface area contributed by atoms with Crippen molar-refractivity contribution in [1.29, 1.82) is 0 Å². The first-order chi connectivity index (χ1) is 10.7. The van der Waals surface area contributed by atoms with Crippen LogP contribution in [-0.4, -0.2) is 36.5 Å². The van der Waals surface area contributed by atoms with E-state index in [4.69, 9.17) is 10.2 Å². The van der Waals surface area contributed by atoms with E-state index in [1.54, 1.807) is 0 Å². The van der Waals surface area contributed by atoms with Crippen molar-refractivity contribution in [2.75, 3.05) is 31.2 Å². The number of anilines is 1. The molecule has 2 rings (SSSR count). The van der Waals surface area contributed by atoms with Crippen LogP contribution in [0.25, 0.3) is 0 Å². The quantitative estimate of drug-likeness (QED) is 0.771. The lowest BCUT2D eigenvalue weighted by Crippen LogP contribution is -2.29. The molecule has 0 bridgehead atoms. The van der Waals surface area contributed by atoms with Gasteiger partial charge < -0.3 is 15.1 Å². The smallest absolute Gasteiger partial charge is 0.0887 e. The van der Waals surface area contributed by atoms with Crippen LogP contribution in [-0.2, 0) is 0 Å². The minimum atomic E-state index is 0.0501. The van der Waals surface area contributed by atoms with Crippen LogP contribution in [0, 0.1) is 6.92 Å². The van der Waals surface area contributed by atoms with Gasteiger partial charge in [-0.2, -0.15) is 10.2 Å². The van der Waals surface area contributed by atoms with Crippen molar-refractivity contribution in [3.8, 4) is 0 Å². The lowest BCUT2D eigenvalue weighted by molar-refractivity contribution is 0.281. The van der Waals surface area contributed by atoms with Crippen LogP contribution in [0.5, 0.6) is 0 Å². The molecule has 0 aliphatic rings. The number of aliphatic hydroxyl groups is 2. The number of hydrogen-bond donors (Lipinski definition) is 2. The largest absolute Gasteiger partial charge is 0.395 e. The fourth-order valence-electron chi connectivity index (χ4n) is 2.17. The van der Waals surface area contributed by atoms with Gasteiger partial charge in [0.05, 0.1) is 24.6 Å². The molecular formula is C17H21N3O2. The van der Waals surface area contributed by atoms with Gasteiger partial charge in [-0.1, -0.05) is 18.2 Å². The summed E-state index contributed by atoms with van der Waals surface area (Å²) in [5.74, 6) is 0. The molecule has 0 aromatic heterocycles. The molecule has 0 atom stereocenters. The summed E-state index contributed by atoms with van der Waals surface area (Å²) in [4.78, 5) is 1.94. The van der Waals surface area contributed by atoms with Gasteiger partial charge in [0.25, 0.3) is 0 Å². The molecule has 22 heavy (non-hydrogen) atoms. The van der Waals surface area contributed by atoms with Crippen molar-refractivity contribution in [1.82, 2.24) is 0 Å². The van der Waals surface area contributed by atoms with Crippen LogP contribution in [0.15, 0.2) is 58.8 Å². The molecule has 0 aliphatic heterocycles. The Labute approximate surface area is 130 Å². The number of azo groups is 1. The first kappa shape index (κ1) is 16.1. The molecule has 2 N–H and O–H groups in total. The van der Waals surface area contributed by atoms with Gasteiger partial charge in [0.1, 0.15) is 0 Å². The Kier molecular flexibility index (Phi) is 6.06. The zero-order valence-corrected chi connectivity index (χ0v) is 12.7. The van der Waals surface area contributed by atoms with Crippen LogP contribution in [0.3, 0.4) is 0 Å². The fourth-order valence-corrected chi connectivity index (χ4v) is 2.17. The van der Waals surface area contributed by atoms with Crippen molar-refractivity contribution in [2.24, 2.45) is 10.2 Å². The molecule has 5 nitrogen and oxygen atoms in total. The maximum atomic E-state index is 9.10. The summed E-state index contributed by atoms with van der Waals surface area (Å²) >= 11 is 0. The lowest BCUT2D eigenvalue weighted by Gasteiger charge is -2.23. The molecule has 0 spiro atoms. The van der Waals surface area contributed by atoms with E-state index >= 15 is 0 Å². The van der Waals surface area contributed by atoms with E-state index < -0.39 is 0 Å². The van der Waals surface area contributed by atoms with Gasteiger partial charge in [-0.3, -0.25) is 0 Å². The summed E-state index contributed by atoms with van der Waals surface area (Å²) < 4.78 is 0. The highest BCUT2D eigenvalue weighted by Gasteiger charge is 2.07. The van der Waals surface area contributed by atoms with Crippen molar-refractivity contribution < 1.29 is 10.2 Å². The van der Waals surface area contributed by atoms with Crippen LogP contribution < -0.4 is 4.90 Å². The average Bonchev–Trinajstić information content (AvgIpc) is 2.54. The van der Waals surface area contributed by atoms with E-state index in [2.05, 4.69) is 10.2 Å². The highest BCUT2D eigenvalue weighted by molar-refractivity contribution is 5.57. The van der Waals surface area contributed by atoms with E-state index in [1.165, 1.54) is 0 Å². The average molecular weight is 299 g/mol. The highest BCUT2D eigenvalue weighted by atomic mass is 16.3. The van der Waals surface area contributed by atoms with E-state index in [-0.39, 0.29) is 13.2 Å². The second-order valence-corrected chi connectivity index (χ2v) is 4.94. The number of benzene rings is 2. The highest BCUT2D eigenvalue weighted by Crippen LogP contribution is 2.26.